The van der Waals surface area contributed by atoms with Gasteiger partial charge in [0.1, 0.15) is 11.3 Å². The molecule has 0 saturated carbocycles. The fraction of sp³-hybridized carbons (Fsp3) is 0.333. The molecule has 7 heteroatoms. The molecule has 0 bridgehead atoms. The van der Waals surface area contributed by atoms with Gasteiger partial charge in [-0.1, -0.05) is 0 Å². The number of halogens is 3. The van der Waals surface area contributed by atoms with E-state index in [9.17, 15) is 18.0 Å². The summed E-state index contributed by atoms with van der Waals surface area (Å²) in [5.74, 6) is -0.268. The van der Waals surface area contributed by atoms with Crippen LogP contribution in [0.15, 0.2) is 12.3 Å². The highest BCUT2D eigenvalue weighted by Crippen LogP contribution is 2.33. The molecule has 1 amide bonds. The minimum Gasteiger partial charge on any atom is -0.349 e. The number of aryl methyl sites for hydroxylation is 1. The third-order valence-electron chi connectivity index (χ3n) is 3.31. The standard InChI is InChI=1S/C12H10F3N3O/c1-6-8-4-7(12(13,14)15)5-17-10(8)18-3-2-16-11(19)9(6)18/h4-5H,2-3H2,1H3,(H,16,19). The van der Waals surface area contributed by atoms with Gasteiger partial charge >= 0.3 is 6.18 Å². The molecule has 0 radical (unpaired) electrons. The minimum atomic E-state index is -4.43. The van der Waals surface area contributed by atoms with Gasteiger partial charge in [0.15, 0.2) is 0 Å². The van der Waals surface area contributed by atoms with E-state index in [1.807, 2.05) is 0 Å². The molecule has 2 aromatic heterocycles. The van der Waals surface area contributed by atoms with Gasteiger partial charge in [0.25, 0.3) is 5.91 Å². The van der Waals surface area contributed by atoms with Crippen molar-refractivity contribution in [2.45, 2.75) is 19.6 Å². The van der Waals surface area contributed by atoms with Crippen LogP contribution in [0.5, 0.6) is 0 Å². The smallest absolute Gasteiger partial charge is 0.349 e. The topological polar surface area (TPSA) is 46.9 Å². The van der Waals surface area contributed by atoms with Gasteiger partial charge in [-0.05, 0) is 18.6 Å². The largest absolute Gasteiger partial charge is 0.417 e. The number of hydrogen-bond acceptors (Lipinski definition) is 2. The highest BCUT2D eigenvalue weighted by atomic mass is 19.4. The fourth-order valence-electron chi connectivity index (χ4n) is 2.42. The molecule has 0 saturated heterocycles. The van der Waals surface area contributed by atoms with E-state index in [0.717, 1.165) is 12.3 Å². The maximum Gasteiger partial charge on any atom is 0.417 e. The average molecular weight is 269 g/mol. The van der Waals surface area contributed by atoms with E-state index in [1.165, 1.54) is 0 Å². The molecule has 0 unspecified atom stereocenters. The van der Waals surface area contributed by atoms with Crippen LogP contribution in [0.3, 0.4) is 0 Å². The molecule has 1 aliphatic heterocycles. The molecular weight excluding hydrogens is 259 g/mol. The molecule has 0 aromatic carbocycles. The second kappa shape index (κ2) is 3.72. The van der Waals surface area contributed by atoms with Gasteiger partial charge in [-0.3, -0.25) is 4.79 Å². The second-order valence-corrected chi connectivity index (χ2v) is 4.47. The Morgan fingerprint density at radius 1 is 1.42 bits per heavy atom. The third-order valence-corrected chi connectivity index (χ3v) is 3.31. The predicted octanol–water partition coefficient (Wildman–Crippen LogP) is 2.11. The average Bonchev–Trinajstić information content (AvgIpc) is 2.63. The number of fused-ring (bicyclic) bond motifs is 3. The summed E-state index contributed by atoms with van der Waals surface area (Å²) in [4.78, 5) is 15.7. The van der Waals surface area contributed by atoms with E-state index in [4.69, 9.17) is 0 Å². The molecule has 1 aliphatic rings. The van der Waals surface area contributed by atoms with E-state index in [1.54, 1.807) is 11.5 Å². The summed E-state index contributed by atoms with van der Waals surface area (Å²) in [7, 11) is 0. The molecule has 2 aromatic rings. The van der Waals surface area contributed by atoms with Gasteiger partial charge in [0.05, 0.1) is 5.56 Å². The van der Waals surface area contributed by atoms with Crippen LogP contribution in [0.4, 0.5) is 13.2 Å². The van der Waals surface area contributed by atoms with E-state index >= 15 is 0 Å². The van der Waals surface area contributed by atoms with Crippen LogP contribution in [-0.4, -0.2) is 22.0 Å². The maximum atomic E-state index is 12.7. The molecular formula is C12H10F3N3O. The molecule has 19 heavy (non-hydrogen) atoms. The first-order valence-corrected chi connectivity index (χ1v) is 5.74. The Balaban J connectivity index is 2.31. The van der Waals surface area contributed by atoms with Crippen LogP contribution in [0.25, 0.3) is 11.0 Å². The Labute approximate surface area is 106 Å². The molecule has 0 atom stereocenters. The number of pyridine rings is 1. The van der Waals surface area contributed by atoms with Crippen LogP contribution in [0.1, 0.15) is 21.6 Å². The van der Waals surface area contributed by atoms with Crippen molar-refractivity contribution in [3.63, 3.8) is 0 Å². The molecule has 4 nitrogen and oxygen atoms in total. The lowest BCUT2D eigenvalue weighted by Gasteiger charge is -2.16. The minimum absolute atomic E-state index is 0.268. The predicted molar refractivity (Wildman–Crippen MR) is 61.8 cm³/mol. The summed E-state index contributed by atoms with van der Waals surface area (Å²) in [6.45, 7) is 2.61. The number of carbonyl (C=O) groups is 1. The number of hydrogen-bond donors (Lipinski definition) is 1. The van der Waals surface area contributed by atoms with Crippen molar-refractivity contribution in [2.75, 3.05) is 6.54 Å². The van der Waals surface area contributed by atoms with Gasteiger partial charge in [0.2, 0.25) is 0 Å². The summed E-state index contributed by atoms with van der Waals surface area (Å²) in [6.07, 6.45) is -3.63. The van der Waals surface area contributed by atoms with Crippen molar-refractivity contribution in [1.29, 1.82) is 0 Å². The Morgan fingerprint density at radius 3 is 2.84 bits per heavy atom. The van der Waals surface area contributed by atoms with Crippen LogP contribution in [-0.2, 0) is 12.7 Å². The van der Waals surface area contributed by atoms with E-state index in [-0.39, 0.29) is 5.91 Å². The monoisotopic (exact) mass is 269 g/mol. The van der Waals surface area contributed by atoms with E-state index in [2.05, 4.69) is 10.3 Å². The Bertz CT molecular complexity index is 688. The molecule has 100 valence electrons. The van der Waals surface area contributed by atoms with Gasteiger partial charge in [-0.15, -0.1) is 0 Å². The number of alkyl halides is 3. The number of amides is 1. The highest BCUT2D eigenvalue weighted by Gasteiger charge is 2.32. The number of rotatable bonds is 0. The van der Waals surface area contributed by atoms with Crippen LogP contribution in [0.2, 0.25) is 0 Å². The number of nitrogens with one attached hydrogen (secondary N) is 1. The van der Waals surface area contributed by atoms with Gasteiger partial charge < -0.3 is 9.88 Å². The Hall–Kier alpha value is -2.05. The van der Waals surface area contributed by atoms with Crippen LogP contribution < -0.4 is 5.32 Å². The highest BCUT2D eigenvalue weighted by molar-refractivity contribution is 6.01. The van der Waals surface area contributed by atoms with E-state index < -0.39 is 11.7 Å². The first-order valence-electron chi connectivity index (χ1n) is 5.74. The first kappa shape index (κ1) is 12.0. The van der Waals surface area contributed by atoms with Gasteiger partial charge in [0, 0.05) is 24.7 Å². The lowest BCUT2D eigenvalue weighted by Crippen LogP contribution is -2.35. The maximum absolute atomic E-state index is 12.7. The zero-order valence-corrected chi connectivity index (χ0v) is 10.0. The Morgan fingerprint density at radius 2 is 2.16 bits per heavy atom. The summed E-state index contributed by atoms with van der Waals surface area (Å²) < 4.78 is 39.7. The third kappa shape index (κ3) is 1.68. The molecule has 3 rings (SSSR count). The van der Waals surface area contributed by atoms with Gasteiger partial charge in [-0.2, -0.15) is 13.2 Å². The van der Waals surface area contributed by atoms with Crippen molar-refractivity contribution in [1.82, 2.24) is 14.9 Å². The fourth-order valence-corrected chi connectivity index (χ4v) is 2.42. The summed E-state index contributed by atoms with van der Waals surface area (Å²) in [6, 6.07) is 1.05. The molecule has 1 N–H and O–H groups in total. The number of nitrogens with zero attached hydrogens (tertiary/aromatic N) is 2. The second-order valence-electron chi connectivity index (χ2n) is 4.47. The number of carbonyl (C=O) groups excluding carboxylic acids is 1. The van der Waals surface area contributed by atoms with Crippen molar-refractivity contribution in [3.05, 3.63) is 29.1 Å². The van der Waals surface area contributed by atoms with E-state index in [0.29, 0.717) is 35.4 Å². The Kier molecular flexibility index (Phi) is 2.35. The lowest BCUT2D eigenvalue weighted by molar-refractivity contribution is -0.137. The van der Waals surface area contributed by atoms with Crippen molar-refractivity contribution < 1.29 is 18.0 Å². The zero-order chi connectivity index (χ0) is 13.8. The SMILES string of the molecule is Cc1c2n(c3ncc(C(F)(F)F)cc13)CCNC2=O. The normalized spacial score (nSPS) is 15.5. The molecule has 0 aliphatic carbocycles. The van der Waals surface area contributed by atoms with Crippen molar-refractivity contribution >= 4 is 16.9 Å². The quantitative estimate of drug-likeness (QED) is 0.796. The lowest BCUT2D eigenvalue weighted by atomic mass is 10.1. The summed E-state index contributed by atoms with van der Waals surface area (Å²) in [5, 5.41) is 3.05. The van der Waals surface area contributed by atoms with Crippen LogP contribution >= 0.6 is 0 Å². The number of aromatic nitrogens is 2. The van der Waals surface area contributed by atoms with Crippen LogP contribution in [0, 0.1) is 6.92 Å². The summed E-state index contributed by atoms with van der Waals surface area (Å²) >= 11 is 0. The zero-order valence-electron chi connectivity index (χ0n) is 10.0. The van der Waals surface area contributed by atoms with Gasteiger partial charge in [-0.25, -0.2) is 4.98 Å². The molecule has 0 fully saturated rings. The summed E-state index contributed by atoms with van der Waals surface area (Å²) in [5.41, 5.74) is 0.556. The van der Waals surface area contributed by atoms with Crippen molar-refractivity contribution in [3.8, 4) is 0 Å². The molecule has 0 spiro atoms. The molecule has 3 heterocycles. The first-order chi connectivity index (χ1) is 8.89. The van der Waals surface area contributed by atoms with Crippen molar-refractivity contribution in [2.24, 2.45) is 0 Å².